The summed E-state index contributed by atoms with van der Waals surface area (Å²) in [5.41, 5.74) is 6.51. The second-order valence-corrected chi connectivity index (χ2v) is 3.82. The van der Waals surface area contributed by atoms with Crippen molar-refractivity contribution in [3.05, 3.63) is 23.9 Å². The number of hydrogen-bond donors (Lipinski definition) is 1. The predicted molar refractivity (Wildman–Crippen MR) is 64.9 cm³/mol. The third-order valence-electron chi connectivity index (χ3n) is 2.49. The van der Waals surface area contributed by atoms with Crippen molar-refractivity contribution in [1.29, 1.82) is 0 Å². The van der Waals surface area contributed by atoms with Crippen LogP contribution in [0.25, 0.3) is 0 Å². The molecule has 0 bridgehead atoms. The number of hydrogen-bond acceptors (Lipinski definition) is 3. The molecule has 84 valence electrons. The van der Waals surface area contributed by atoms with E-state index < -0.39 is 0 Å². The van der Waals surface area contributed by atoms with Gasteiger partial charge in [0.05, 0.1) is 5.69 Å². The number of nitrogens with two attached hydrogens (primary N) is 1. The normalized spacial score (nSPS) is 10.3. The second kappa shape index (κ2) is 6.40. The fraction of sp³-hybridized carbons (Fsp3) is 0.583. The molecule has 1 heterocycles. The first-order valence-corrected chi connectivity index (χ1v) is 5.65. The first-order chi connectivity index (χ1) is 7.27. The fourth-order valence-electron chi connectivity index (χ4n) is 1.51. The van der Waals surface area contributed by atoms with Crippen molar-refractivity contribution >= 4 is 5.82 Å². The van der Waals surface area contributed by atoms with E-state index in [0.29, 0.717) is 6.54 Å². The molecule has 0 aromatic carbocycles. The summed E-state index contributed by atoms with van der Waals surface area (Å²) in [4.78, 5) is 6.66. The Morgan fingerprint density at radius 3 is 2.80 bits per heavy atom. The molecule has 0 radical (unpaired) electrons. The number of rotatable bonds is 6. The summed E-state index contributed by atoms with van der Waals surface area (Å²) in [5, 5.41) is 0. The van der Waals surface area contributed by atoms with Gasteiger partial charge in [-0.2, -0.15) is 0 Å². The molecule has 0 spiro atoms. The van der Waals surface area contributed by atoms with Gasteiger partial charge < -0.3 is 10.6 Å². The Bertz CT molecular complexity index is 286. The minimum absolute atomic E-state index is 0.511. The number of nitrogens with zero attached hydrogens (tertiary/aromatic N) is 2. The summed E-state index contributed by atoms with van der Waals surface area (Å²) in [5.74, 6) is 1.02. The van der Waals surface area contributed by atoms with E-state index in [1.807, 2.05) is 18.2 Å². The number of aromatic nitrogens is 1. The lowest BCUT2D eigenvalue weighted by Crippen LogP contribution is -2.20. The molecule has 0 amide bonds. The zero-order valence-corrected chi connectivity index (χ0v) is 9.74. The van der Waals surface area contributed by atoms with Crippen molar-refractivity contribution in [3.8, 4) is 0 Å². The van der Waals surface area contributed by atoms with Gasteiger partial charge in [-0.25, -0.2) is 4.98 Å². The van der Waals surface area contributed by atoms with Crippen LogP contribution in [0.1, 0.15) is 31.9 Å². The molecule has 2 N–H and O–H groups in total. The van der Waals surface area contributed by atoms with Crippen LogP contribution in [0.3, 0.4) is 0 Å². The molecule has 3 heteroatoms. The van der Waals surface area contributed by atoms with Gasteiger partial charge in [0.1, 0.15) is 5.82 Å². The van der Waals surface area contributed by atoms with E-state index in [9.17, 15) is 0 Å². The molecule has 0 aliphatic rings. The Morgan fingerprint density at radius 1 is 1.33 bits per heavy atom. The molecule has 0 fully saturated rings. The number of anilines is 1. The SMILES string of the molecule is CCCCCN(C)c1cccc(CN)n1. The van der Waals surface area contributed by atoms with Gasteiger partial charge in [0.25, 0.3) is 0 Å². The second-order valence-electron chi connectivity index (χ2n) is 3.82. The van der Waals surface area contributed by atoms with Crippen LogP contribution >= 0.6 is 0 Å². The van der Waals surface area contributed by atoms with Crippen LogP contribution in [-0.2, 0) is 6.54 Å². The summed E-state index contributed by atoms with van der Waals surface area (Å²) < 4.78 is 0. The summed E-state index contributed by atoms with van der Waals surface area (Å²) in [6.45, 7) is 3.79. The van der Waals surface area contributed by atoms with Crippen LogP contribution in [0.4, 0.5) is 5.82 Å². The highest BCUT2D eigenvalue weighted by Crippen LogP contribution is 2.10. The minimum Gasteiger partial charge on any atom is -0.360 e. The van der Waals surface area contributed by atoms with Gasteiger partial charge in [0, 0.05) is 20.1 Å². The van der Waals surface area contributed by atoms with E-state index in [-0.39, 0.29) is 0 Å². The van der Waals surface area contributed by atoms with Crippen molar-refractivity contribution in [2.24, 2.45) is 5.73 Å². The topological polar surface area (TPSA) is 42.1 Å². The molecule has 0 saturated heterocycles. The van der Waals surface area contributed by atoms with E-state index >= 15 is 0 Å². The van der Waals surface area contributed by atoms with Crippen molar-refractivity contribution < 1.29 is 0 Å². The molecule has 1 rings (SSSR count). The highest BCUT2D eigenvalue weighted by atomic mass is 15.2. The molecule has 1 aromatic rings. The average Bonchev–Trinajstić information content (AvgIpc) is 2.29. The van der Waals surface area contributed by atoms with Crippen molar-refractivity contribution in [2.75, 3.05) is 18.5 Å². The maximum atomic E-state index is 5.56. The molecule has 0 unspecified atom stereocenters. The van der Waals surface area contributed by atoms with Crippen LogP contribution in [0.2, 0.25) is 0 Å². The molecule has 3 nitrogen and oxygen atoms in total. The summed E-state index contributed by atoms with van der Waals surface area (Å²) in [7, 11) is 2.08. The zero-order chi connectivity index (χ0) is 11.1. The van der Waals surface area contributed by atoms with Gasteiger partial charge >= 0.3 is 0 Å². The standard InChI is InChI=1S/C12H21N3/c1-3-4-5-9-15(2)12-8-6-7-11(10-13)14-12/h6-8H,3-5,9-10,13H2,1-2H3. The van der Waals surface area contributed by atoms with Gasteiger partial charge in [-0.3, -0.25) is 0 Å². The molecule has 0 aliphatic carbocycles. The molecule has 0 aliphatic heterocycles. The monoisotopic (exact) mass is 207 g/mol. The van der Waals surface area contributed by atoms with Gasteiger partial charge in [-0.1, -0.05) is 25.8 Å². The van der Waals surface area contributed by atoms with E-state index in [1.54, 1.807) is 0 Å². The van der Waals surface area contributed by atoms with Gasteiger partial charge in [-0.05, 0) is 18.6 Å². The van der Waals surface area contributed by atoms with Crippen molar-refractivity contribution in [3.63, 3.8) is 0 Å². The predicted octanol–water partition coefficient (Wildman–Crippen LogP) is 2.17. The number of unbranched alkanes of at least 4 members (excludes halogenated alkanes) is 2. The lowest BCUT2D eigenvalue weighted by atomic mass is 10.2. The van der Waals surface area contributed by atoms with Crippen LogP contribution in [0.5, 0.6) is 0 Å². The van der Waals surface area contributed by atoms with E-state index in [2.05, 4.69) is 23.9 Å². The number of pyridine rings is 1. The van der Waals surface area contributed by atoms with Crippen molar-refractivity contribution in [1.82, 2.24) is 4.98 Å². The van der Waals surface area contributed by atoms with Gasteiger partial charge in [0.2, 0.25) is 0 Å². The largest absolute Gasteiger partial charge is 0.360 e. The molecule has 1 aromatic heterocycles. The van der Waals surface area contributed by atoms with Gasteiger partial charge in [0.15, 0.2) is 0 Å². The minimum atomic E-state index is 0.511. The van der Waals surface area contributed by atoms with Crippen LogP contribution in [-0.4, -0.2) is 18.6 Å². The smallest absolute Gasteiger partial charge is 0.128 e. The summed E-state index contributed by atoms with van der Waals surface area (Å²) in [6, 6.07) is 6.01. The van der Waals surface area contributed by atoms with Crippen molar-refractivity contribution in [2.45, 2.75) is 32.7 Å². The zero-order valence-electron chi connectivity index (χ0n) is 9.74. The van der Waals surface area contributed by atoms with Crippen LogP contribution in [0, 0.1) is 0 Å². The third-order valence-corrected chi connectivity index (χ3v) is 2.49. The van der Waals surface area contributed by atoms with Crippen LogP contribution < -0.4 is 10.6 Å². The molecular weight excluding hydrogens is 186 g/mol. The maximum absolute atomic E-state index is 5.56. The lowest BCUT2D eigenvalue weighted by Gasteiger charge is -2.18. The molecule has 0 atom stereocenters. The maximum Gasteiger partial charge on any atom is 0.128 e. The first kappa shape index (κ1) is 12.0. The Kier molecular flexibility index (Phi) is 5.12. The highest BCUT2D eigenvalue weighted by Gasteiger charge is 2.02. The highest BCUT2D eigenvalue weighted by molar-refractivity contribution is 5.37. The Hall–Kier alpha value is -1.09. The summed E-state index contributed by atoms with van der Waals surface area (Å²) >= 11 is 0. The van der Waals surface area contributed by atoms with Crippen LogP contribution in [0.15, 0.2) is 18.2 Å². The quantitative estimate of drug-likeness (QED) is 0.727. The fourth-order valence-corrected chi connectivity index (χ4v) is 1.51. The average molecular weight is 207 g/mol. The Morgan fingerprint density at radius 2 is 2.13 bits per heavy atom. The molecule has 0 saturated carbocycles. The third kappa shape index (κ3) is 3.88. The Balaban J connectivity index is 2.52. The summed E-state index contributed by atoms with van der Waals surface area (Å²) in [6.07, 6.45) is 3.76. The van der Waals surface area contributed by atoms with Gasteiger partial charge in [-0.15, -0.1) is 0 Å². The molecular formula is C12H21N3. The molecule has 15 heavy (non-hydrogen) atoms. The Labute approximate surface area is 92.3 Å². The van der Waals surface area contributed by atoms with E-state index in [4.69, 9.17) is 5.73 Å². The lowest BCUT2D eigenvalue weighted by molar-refractivity contribution is 0.700. The van der Waals surface area contributed by atoms with E-state index in [1.165, 1.54) is 19.3 Å². The first-order valence-electron chi connectivity index (χ1n) is 5.65. The van der Waals surface area contributed by atoms with E-state index in [0.717, 1.165) is 18.1 Å².